The van der Waals surface area contributed by atoms with Crippen molar-refractivity contribution in [3.8, 4) is 0 Å². The molecule has 1 atom stereocenters. The van der Waals surface area contributed by atoms with Crippen LogP contribution in [0, 0.1) is 6.92 Å². The van der Waals surface area contributed by atoms with Gasteiger partial charge in [0.15, 0.2) is 0 Å². The van der Waals surface area contributed by atoms with Gasteiger partial charge in [0.1, 0.15) is 5.76 Å². The molecule has 92 valence electrons. The number of rotatable bonds is 5. The molecule has 2 aromatic heterocycles. The largest absolute Gasteiger partial charge is 0.469 e. The average molecular weight is 250 g/mol. The fourth-order valence-corrected chi connectivity index (χ4v) is 2.81. The maximum atomic E-state index is 5.48. The van der Waals surface area contributed by atoms with Gasteiger partial charge in [-0.2, -0.15) is 0 Å². The van der Waals surface area contributed by atoms with Crippen LogP contribution in [0.2, 0.25) is 0 Å². The molecule has 0 aliphatic rings. The molecule has 0 bridgehead atoms. The summed E-state index contributed by atoms with van der Waals surface area (Å²) in [6, 6.07) is 2.34. The van der Waals surface area contributed by atoms with Gasteiger partial charge in [0.05, 0.1) is 11.3 Å². The first-order valence-electron chi connectivity index (χ1n) is 5.89. The van der Waals surface area contributed by atoms with Crippen molar-refractivity contribution in [3.05, 3.63) is 39.7 Å². The van der Waals surface area contributed by atoms with Gasteiger partial charge in [0.25, 0.3) is 0 Å². The number of hydrogen-bond acceptors (Lipinski definition) is 4. The van der Waals surface area contributed by atoms with Crippen molar-refractivity contribution in [2.24, 2.45) is 0 Å². The van der Waals surface area contributed by atoms with Crippen molar-refractivity contribution >= 4 is 11.3 Å². The van der Waals surface area contributed by atoms with Gasteiger partial charge in [-0.1, -0.05) is 6.92 Å². The highest BCUT2D eigenvalue weighted by molar-refractivity contribution is 7.09. The minimum Gasteiger partial charge on any atom is -0.469 e. The van der Waals surface area contributed by atoms with Gasteiger partial charge >= 0.3 is 0 Å². The van der Waals surface area contributed by atoms with Crippen molar-refractivity contribution in [2.75, 3.05) is 7.05 Å². The molecule has 0 aliphatic carbocycles. The fourth-order valence-electron chi connectivity index (χ4n) is 1.99. The summed E-state index contributed by atoms with van der Waals surface area (Å²) >= 11 is 1.72. The molecule has 0 radical (unpaired) electrons. The van der Waals surface area contributed by atoms with Crippen LogP contribution in [0.25, 0.3) is 0 Å². The Morgan fingerprint density at radius 3 is 2.94 bits per heavy atom. The molecular formula is C13H18N2OS. The van der Waals surface area contributed by atoms with Crippen molar-refractivity contribution in [1.82, 2.24) is 10.3 Å². The average Bonchev–Trinajstić information content (AvgIpc) is 2.94. The fraction of sp³-hybridized carbons (Fsp3) is 0.462. The number of likely N-dealkylation sites (N-methyl/N-ethyl adjacent to an activating group) is 1. The highest BCUT2D eigenvalue weighted by Crippen LogP contribution is 2.24. The predicted octanol–water partition coefficient (Wildman–Crippen LogP) is 3.11. The second kappa shape index (κ2) is 5.47. The molecule has 2 rings (SSSR count). The Morgan fingerprint density at radius 1 is 1.53 bits per heavy atom. The smallest absolute Gasteiger partial charge is 0.108 e. The van der Waals surface area contributed by atoms with Crippen molar-refractivity contribution in [2.45, 2.75) is 32.7 Å². The molecule has 2 aromatic rings. The zero-order valence-electron chi connectivity index (χ0n) is 10.5. The third kappa shape index (κ3) is 2.76. The highest BCUT2D eigenvalue weighted by Gasteiger charge is 2.17. The number of furan rings is 1. The van der Waals surface area contributed by atoms with E-state index in [4.69, 9.17) is 4.42 Å². The van der Waals surface area contributed by atoms with Crippen LogP contribution >= 0.6 is 11.3 Å². The highest BCUT2D eigenvalue weighted by atomic mass is 32.1. The lowest BCUT2D eigenvalue weighted by Crippen LogP contribution is -2.19. The van der Waals surface area contributed by atoms with Gasteiger partial charge in [-0.25, -0.2) is 4.98 Å². The SMILES string of the molecule is CCc1occc1C(Cc1nc(C)cs1)NC. The molecule has 0 saturated carbocycles. The van der Waals surface area contributed by atoms with E-state index in [9.17, 15) is 0 Å². The molecular weight excluding hydrogens is 232 g/mol. The second-order valence-corrected chi connectivity index (χ2v) is 5.02. The molecule has 17 heavy (non-hydrogen) atoms. The number of aromatic nitrogens is 1. The summed E-state index contributed by atoms with van der Waals surface area (Å²) in [5, 5.41) is 6.61. The topological polar surface area (TPSA) is 38.1 Å². The number of hydrogen-bond donors (Lipinski definition) is 1. The van der Waals surface area contributed by atoms with Gasteiger partial charge in [-0.05, 0) is 20.0 Å². The molecule has 0 amide bonds. The maximum Gasteiger partial charge on any atom is 0.108 e. The van der Waals surface area contributed by atoms with Crippen LogP contribution in [-0.4, -0.2) is 12.0 Å². The maximum absolute atomic E-state index is 5.48. The summed E-state index contributed by atoms with van der Waals surface area (Å²) < 4.78 is 5.48. The van der Waals surface area contributed by atoms with Gasteiger partial charge in [-0.3, -0.25) is 0 Å². The van der Waals surface area contributed by atoms with Gasteiger partial charge in [-0.15, -0.1) is 11.3 Å². The Labute approximate surface area is 106 Å². The van der Waals surface area contributed by atoms with Gasteiger partial charge < -0.3 is 9.73 Å². The van der Waals surface area contributed by atoms with E-state index in [2.05, 4.69) is 28.7 Å². The Morgan fingerprint density at radius 2 is 2.35 bits per heavy atom. The van der Waals surface area contributed by atoms with Crippen LogP contribution in [0.3, 0.4) is 0 Å². The van der Waals surface area contributed by atoms with E-state index < -0.39 is 0 Å². The normalized spacial score (nSPS) is 12.9. The van der Waals surface area contributed by atoms with E-state index in [0.717, 1.165) is 24.3 Å². The quantitative estimate of drug-likeness (QED) is 0.886. The van der Waals surface area contributed by atoms with Gasteiger partial charge in [0, 0.05) is 35.5 Å². The zero-order valence-corrected chi connectivity index (χ0v) is 11.3. The zero-order chi connectivity index (χ0) is 12.3. The standard InChI is InChI=1S/C13H18N2OS/c1-4-12-10(5-6-16-12)11(14-3)7-13-15-9(2)8-17-13/h5-6,8,11,14H,4,7H2,1-3H3. The number of nitrogens with one attached hydrogen (secondary N) is 1. The predicted molar refractivity (Wildman–Crippen MR) is 70.4 cm³/mol. The molecule has 0 fully saturated rings. The molecule has 1 N–H and O–H groups in total. The van der Waals surface area contributed by atoms with E-state index >= 15 is 0 Å². The van der Waals surface area contributed by atoms with Crippen LogP contribution < -0.4 is 5.32 Å². The molecule has 0 aliphatic heterocycles. The second-order valence-electron chi connectivity index (χ2n) is 4.08. The van der Waals surface area contributed by atoms with Crippen LogP contribution in [0.4, 0.5) is 0 Å². The van der Waals surface area contributed by atoms with Gasteiger partial charge in [0.2, 0.25) is 0 Å². The number of thiazole rings is 1. The lowest BCUT2D eigenvalue weighted by molar-refractivity contribution is 0.495. The molecule has 2 heterocycles. The molecule has 3 nitrogen and oxygen atoms in total. The third-order valence-electron chi connectivity index (χ3n) is 2.87. The minimum absolute atomic E-state index is 0.286. The molecule has 0 saturated heterocycles. The van der Waals surface area contributed by atoms with Crippen molar-refractivity contribution in [3.63, 3.8) is 0 Å². The van der Waals surface area contributed by atoms with Crippen LogP contribution in [0.15, 0.2) is 22.1 Å². The van der Waals surface area contributed by atoms with E-state index in [1.54, 1.807) is 17.6 Å². The number of aryl methyl sites for hydroxylation is 2. The lowest BCUT2D eigenvalue weighted by atomic mass is 10.0. The monoisotopic (exact) mass is 250 g/mol. The Kier molecular flexibility index (Phi) is 3.97. The van der Waals surface area contributed by atoms with Crippen LogP contribution in [0.5, 0.6) is 0 Å². The van der Waals surface area contributed by atoms with Crippen LogP contribution in [-0.2, 0) is 12.8 Å². The summed E-state index contributed by atoms with van der Waals surface area (Å²) in [6.07, 6.45) is 3.62. The Bertz CT molecular complexity index is 475. The summed E-state index contributed by atoms with van der Waals surface area (Å²) in [4.78, 5) is 4.51. The third-order valence-corrected chi connectivity index (χ3v) is 3.86. The molecule has 0 spiro atoms. The molecule has 4 heteroatoms. The van der Waals surface area contributed by atoms with E-state index in [-0.39, 0.29) is 6.04 Å². The molecule has 0 aromatic carbocycles. The minimum atomic E-state index is 0.286. The Balaban J connectivity index is 2.16. The lowest BCUT2D eigenvalue weighted by Gasteiger charge is -2.14. The summed E-state index contributed by atoms with van der Waals surface area (Å²) in [7, 11) is 1.98. The first kappa shape index (κ1) is 12.3. The first-order chi connectivity index (χ1) is 8.24. The summed E-state index contributed by atoms with van der Waals surface area (Å²) in [5.41, 5.74) is 2.35. The van der Waals surface area contributed by atoms with E-state index in [0.29, 0.717) is 0 Å². The summed E-state index contributed by atoms with van der Waals surface area (Å²) in [5.74, 6) is 1.07. The Hall–Kier alpha value is -1.13. The number of nitrogens with zero attached hydrogens (tertiary/aromatic N) is 1. The van der Waals surface area contributed by atoms with E-state index in [1.165, 1.54) is 10.6 Å². The van der Waals surface area contributed by atoms with Crippen molar-refractivity contribution < 1.29 is 4.42 Å². The molecule has 1 unspecified atom stereocenters. The van der Waals surface area contributed by atoms with Crippen LogP contribution in [0.1, 0.15) is 35.0 Å². The van der Waals surface area contributed by atoms with Crippen molar-refractivity contribution in [1.29, 1.82) is 0 Å². The summed E-state index contributed by atoms with van der Waals surface area (Å²) in [6.45, 7) is 4.15. The van der Waals surface area contributed by atoms with E-state index in [1.807, 2.05) is 14.0 Å². The first-order valence-corrected chi connectivity index (χ1v) is 6.77.